The normalized spacial score (nSPS) is 26.7. The summed E-state index contributed by atoms with van der Waals surface area (Å²) >= 11 is 0. The Morgan fingerprint density at radius 2 is 1.86 bits per heavy atom. The average Bonchev–Trinajstić information content (AvgIpc) is 3.04. The van der Waals surface area contributed by atoms with Crippen molar-refractivity contribution in [3.63, 3.8) is 0 Å². The minimum Gasteiger partial charge on any atom is -0.314 e. The van der Waals surface area contributed by atoms with Crippen molar-refractivity contribution < 1.29 is 0 Å². The lowest BCUT2D eigenvalue weighted by molar-refractivity contribution is 0.170. The lowest BCUT2D eigenvalue weighted by Gasteiger charge is -2.33. The van der Waals surface area contributed by atoms with Crippen molar-refractivity contribution in [1.29, 1.82) is 0 Å². The lowest BCUT2D eigenvalue weighted by Crippen LogP contribution is -2.47. The highest BCUT2D eigenvalue weighted by molar-refractivity contribution is 5.26. The Morgan fingerprint density at radius 1 is 1.14 bits per heavy atom. The molecule has 1 saturated heterocycles. The maximum Gasteiger partial charge on any atom is 0.0161 e. The monoisotopic (exact) mass is 301 g/mol. The minimum absolute atomic E-state index is 0.727. The highest BCUT2D eigenvalue weighted by Crippen LogP contribution is 2.37. The number of hydrogen-bond donors (Lipinski definition) is 1. The van der Waals surface area contributed by atoms with Crippen LogP contribution >= 0.6 is 0 Å². The molecule has 1 N–H and O–H groups in total. The van der Waals surface area contributed by atoms with Gasteiger partial charge in [-0.2, -0.15) is 0 Å². The molecule has 22 heavy (non-hydrogen) atoms. The largest absolute Gasteiger partial charge is 0.314 e. The van der Waals surface area contributed by atoms with Crippen molar-refractivity contribution in [2.75, 3.05) is 46.3 Å². The zero-order chi connectivity index (χ0) is 15.4. The first-order valence-corrected chi connectivity index (χ1v) is 8.94. The number of aryl methyl sites for hydroxylation is 1. The third kappa shape index (κ3) is 3.89. The van der Waals surface area contributed by atoms with Gasteiger partial charge in [0.1, 0.15) is 0 Å². The fourth-order valence-electron chi connectivity index (χ4n) is 4.07. The third-order valence-corrected chi connectivity index (χ3v) is 5.53. The Kier molecular flexibility index (Phi) is 5.51. The van der Waals surface area contributed by atoms with Crippen LogP contribution in [-0.4, -0.2) is 62.2 Å². The molecule has 2 fully saturated rings. The van der Waals surface area contributed by atoms with Crippen LogP contribution < -0.4 is 5.32 Å². The Morgan fingerprint density at radius 3 is 2.59 bits per heavy atom. The van der Waals surface area contributed by atoms with E-state index < -0.39 is 0 Å². The Balaban J connectivity index is 1.56. The van der Waals surface area contributed by atoms with E-state index in [1.165, 1.54) is 51.0 Å². The Hall–Kier alpha value is -0.900. The molecule has 0 radical (unpaired) electrons. The zero-order valence-corrected chi connectivity index (χ0v) is 14.2. The lowest BCUT2D eigenvalue weighted by atomic mass is 9.92. The van der Waals surface area contributed by atoms with Crippen LogP contribution in [0.1, 0.15) is 36.3 Å². The summed E-state index contributed by atoms with van der Waals surface area (Å²) in [7, 11) is 2.33. The molecular formula is C19H31N3. The van der Waals surface area contributed by atoms with Crippen LogP contribution in [0.4, 0.5) is 0 Å². The van der Waals surface area contributed by atoms with Crippen LogP contribution in [-0.2, 0) is 0 Å². The summed E-state index contributed by atoms with van der Waals surface area (Å²) in [6.07, 6.45) is 4.09. The molecule has 0 spiro atoms. The fraction of sp³-hybridized carbons (Fsp3) is 0.684. The van der Waals surface area contributed by atoms with Crippen molar-refractivity contribution in [3.8, 4) is 0 Å². The summed E-state index contributed by atoms with van der Waals surface area (Å²) in [5, 5.41) is 3.44. The van der Waals surface area contributed by atoms with Crippen LogP contribution in [0.3, 0.4) is 0 Å². The Labute approximate surface area is 135 Å². The van der Waals surface area contributed by atoms with Gasteiger partial charge in [0.05, 0.1) is 0 Å². The molecule has 3 rings (SSSR count). The molecule has 3 nitrogen and oxygen atoms in total. The number of hydrogen-bond acceptors (Lipinski definition) is 3. The molecule has 1 aliphatic carbocycles. The average molecular weight is 301 g/mol. The molecule has 122 valence electrons. The second-order valence-electron chi connectivity index (χ2n) is 7.09. The number of nitrogens with one attached hydrogen (secondary N) is 1. The van der Waals surface area contributed by atoms with Crippen LogP contribution in [0.5, 0.6) is 0 Å². The molecule has 2 aliphatic rings. The molecule has 1 aromatic rings. The molecule has 1 saturated carbocycles. The topological polar surface area (TPSA) is 18.5 Å². The van der Waals surface area contributed by atoms with Gasteiger partial charge in [-0.1, -0.05) is 36.2 Å². The van der Waals surface area contributed by atoms with Crippen LogP contribution in [0.25, 0.3) is 0 Å². The first-order chi connectivity index (χ1) is 10.7. The van der Waals surface area contributed by atoms with Gasteiger partial charge in [-0.25, -0.2) is 0 Å². The van der Waals surface area contributed by atoms with Gasteiger partial charge < -0.3 is 10.2 Å². The highest BCUT2D eigenvalue weighted by Gasteiger charge is 2.31. The molecule has 1 aliphatic heterocycles. The molecule has 0 bridgehead atoms. The predicted molar refractivity (Wildman–Crippen MR) is 93.5 cm³/mol. The van der Waals surface area contributed by atoms with Crippen molar-refractivity contribution in [2.24, 2.45) is 0 Å². The first-order valence-electron chi connectivity index (χ1n) is 8.94. The van der Waals surface area contributed by atoms with Gasteiger partial charge in [-0.15, -0.1) is 0 Å². The maximum atomic E-state index is 3.44. The van der Waals surface area contributed by atoms with Gasteiger partial charge >= 0.3 is 0 Å². The predicted octanol–water partition coefficient (Wildman–Crippen LogP) is 2.47. The minimum atomic E-state index is 0.727. The number of nitrogens with zero attached hydrogens (tertiary/aromatic N) is 2. The van der Waals surface area contributed by atoms with E-state index in [0.29, 0.717) is 0 Å². The summed E-state index contributed by atoms with van der Waals surface area (Å²) in [4.78, 5) is 5.22. The summed E-state index contributed by atoms with van der Waals surface area (Å²) < 4.78 is 0. The number of likely N-dealkylation sites (N-methyl/N-ethyl adjacent to an activating group) is 1. The van der Waals surface area contributed by atoms with E-state index in [1.807, 2.05) is 0 Å². The van der Waals surface area contributed by atoms with Gasteiger partial charge in [-0.05, 0) is 38.3 Å². The van der Waals surface area contributed by atoms with Crippen LogP contribution in [0, 0.1) is 6.92 Å². The van der Waals surface area contributed by atoms with Crippen molar-refractivity contribution >= 4 is 0 Å². The first kappa shape index (κ1) is 16.0. The van der Waals surface area contributed by atoms with Crippen molar-refractivity contribution in [3.05, 3.63) is 35.4 Å². The van der Waals surface area contributed by atoms with Gasteiger partial charge in [0.15, 0.2) is 0 Å². The van der Waals surface area contributed by atoms with Gasteiger partial charge in [-0.3, -0.25) is 4.90 Å². The molecule has 3 heteroatoms. The second-order valence-corrected chi connectivity index (χ2v) is 7.09. The van der Waals surface area contributed by atoms with Crippen molar-refractivity contribution in [1.82, 2.24) is 15.1 Å². The molecule has 1 aromatic carbocycles. The standard InChI is InChI=1S/C19H31N3/c1-16-6-8-17(9-7-16)18-4-3-5-19(18)21(2)14-15-22-12-10-20-11-13-22/h6-9,18-20H,3-5,10-15H2,1-2H3. The van der Waals surface area contributed by atoms with E-state index >= 15 is 0 Å². The van der Waals surface area contributed by atoms with E-state index in [2.05, 4.69) is 53.4 Å². The van der Waals surface area contributed by atoms with Crippen LogP contribution in [0.2, 0.25) is 0 Å². The fourth-order valence-corrected chi connectivity index (χ4v) is 4.07. The molecule has 2 unspecified atom stereocenters. The molecule has 0 amide bonds. The SMILES string of the molecule is Cc1ccc(C2CCCC2N(C)CCN2CCNCC2)cc1. The number of rotatable bonds is 5. The Bertz CT molecular complexity index is 450. The molecule has 1 heterocycles. The summed E-state index contributed by atoms with van der Waals surface area (Å²) in [5.74, 6) is 0.730. The number of benzene rings is 1. The van der Waals surface area contributed by atoms with Crippen LogP contribution in [0.15, 0.2) is 24.3 Å². The summed E-state index contributed by atoms with van der Waals surface area (Å²) in [6.45, 7) is 9.32. The van der Waals surface area contributed by atoms with Crippen molar-refractivity contribution in [2.45, 2.75) is 38.1 Å². The molecular weight excluding hydrogens is 270 g/mol. The van der Waals surface area contributed by atoms with E-state index in [0.717, 1.165) is 25.0 Å². The van der Waals surface area contributed by atoms with E-state index in [1.54, 1.807) is 5.56 Å². The highest BCUT2D eigenvalue weighted by atomic mass is 15.2. The van der Waals surface area contributed by atoms with E-state index in [4.69, 9.17) is 0 Å². The summed E-state index contributed by atoms with van der Waals surface area (Å²) in [6, 6.07) is 9.97. The number of piperazine rings is 1. The van der Waals surface area contributed by atoms with Gasteiger partial charge in [0.2, 0.25) is 0 Å². The van der Waals surface area contributed by atoms with E-state index in [9.17, 15) is 0 Å². The molecule has 0 aromatic heterocycles. The van der Waals surface area contributed by atoms with Gasteiger partial charge in [0.25, 0.3) is 0 Å². The van der Waals surface area contributed by atoms with Gasteiger partial charge in [0, 0.05) is 45.3 Å². The second kappa shape index (κ2) is 7.58. The third-order valence-electron chi connectivity index (χ3n) is 5.53. The quantitative estimate of drug-likeness (QED) is 0.901. The molecule has 2 atom stereocenters. The smallest absolute Gasteiger partial charge is 0.0161 e. The summed E-state index contributed by atoms with van der Waals surface area (Å²) in [5.41, 5.74) is 2.91. The van der Waals surface area contributed by atoms with E-state index in [-0.39, 0.29) is 0 Å². The zero-order valence-electron chi connectivity index (χ0n) is 14.2. The maximum absolute atomic E-state index is 3.44.